The smallest absolute Gasteiger partial charge is 0.248 e. The fourth-order valence-electron chi connectivity index (χ4n) is 3.47. The predicted molar refractivity (Wildman–Crippen MR) is 102 cm³/mol. The van der Waals surface area contributed by atoms with Crippen molar-refractivity contribution < 1.29 is 9.53 Å². The van der Waals surface area contributed by atoms with Crippen LogP contribution in [0.15, 0.2) is 30.3 Å². The Morgan fingerprint density at radius 3 is 2.50 bits per heavy atom. The molecule has 0 atom stereocenters. The summed E-state index contributed by atoms with van der Waals surface area (Å²) in [6.07, 6.45) is 6.23. The van der Waals surface area contributed by atoms with E-state index in [0.717, 1.165) is 18.2 Å². The van der Waals surface area contributed by atoms with E-state index in [-0.39, 0.29) is 0 Å². The van der Waals surface area contributed by atoms with Crippen LogP contribution in [-0.4, -0.2) is 28.5 Å². The second-order valence-corrected chi connectivity index (χ2v) is 6.72. The molecule has 1 heterocycles. The number of carbonyl (C=O) groups is 1. The number of benzene rings is 1. The highest BCUT2D eigenvalue weighted by Crippen LogP contribution is 2.28. The van der Waals surface area contributed by atoms with Gasteiger partial charge in [0.25, 0.3) is 0 Å². The van der Waals surface area contributed by atoms with E-state index in [0.29, 0.717) is 23.2 Å². The standard InChI is InChI=1S/C20H26N4O2/c1-3-24(16-7-5-4-6-8-16)20-22-14(2)13-18(23-20)26-17-11-9-15(10-12-17)19(21)25/h9-13,16H,3-8H2,1-2H3,(H2,21,25). The number of nitrogens with zero attached hydrogens (tertiary/aromatic N) is 3. The fraction of sp³-hybridized carbons (Fsp3) is 0.450. The van der Waals surface area contributed by atoms with Crippen LogP contribution in [0, 0.1) is 6.92 Å². The van der Waals surface area contributed by atoms with Crippen molar-refractivity contribution in [3.8, 4) is 11.6 Å². The van der Waals surface area contributed by atoms with Crippen molar-refractivity contribution in [1.29, 1.82) is 0 Å². The molecule has 6 heteroatoms. The lowest BCUT2D eigenvalue weighted by molar-refractivity contribution is 0.100. The normalized spacial score (nSPS) is 14.8. The molecule has 1 aromatic carbocycles. The molecule has 138 valence electrons. The molecule has 0 bridgehead atoms. The summed E-state index contributed by atoms with van der Waals surface area (Å²) in [4.78, 5) is 22.7. The lowest BCUT2D eigenvalue weighted by Crippen LogP contribution is -2.38. The molecule has 2 N–H and O–H groups in total. The van der Waals surface area contributed by atoms with Gasteiger partial charge in [0.2, 0.25) is 17.7 Å². The third kappa shape index (κ3) is 4.31. The minimum absolute atomic E-state index is 0.450. The first-order valence-corrected chi connectivity index (χ1v) is 9.27. The van der Waals surface area contributed by atoms with E-state index in [2.05, 4.69) is 21.8 Å². The molecule has 1 aliphatic rings. The Hall–Kier alpha value is -2.63. The Kier molecular flexibility index (Phi) is 5.71. The summed E-state index contributed by atoms with van der Waals surface area (Å²) in [6, 6.07) is 9.05. The van der Waals surface area contributed by atoms with E-state index in [1.54, 1.807) is 24.3 Å². The quantitative estimate of drug-likeness (QED) is 0.852. The Balaban J connectivity index is 1.81. The largest absolute Gasteiger partial charge is 0.439 e. The molecule has 3 rings (SSSR count). The number of hydrogen-bond donors (Lipinski definition) is 1. The first-order chi connectivity index (χ1) is 12.6. The first kappa shape index (κ1) is 18.2. The van der Waals surface area contributed by atoms with Gasteiger partial charge in [0.1, 0.15) is 5.75 Å². The van der Waals surface area contributed by atoms with Crippen LogP contribution in [0.3, 0.4) is 0 Å². The molecule has 6 nitrogen and oxygen atoms in total. The van der Waals surface area contributed by atoms with Gasteiger partial charge in [-0.25, -0.2) is 4.98 Å². The second-order valence-electron chi connectivity index (χ2n) is 6.72. The molecule has 2 aromatic rings. The highest BCUT2D eigenvalue weighted by Gasteiger charge is 2.22. The number of aromatic nitrogens is 2. The predicted octanol–water partition coefficient (Wildman–Crippen LogP) is 3.84. The van der Waals surface area contributed by atoms with Gasteiger partial charge >= 0.3 is 0 Å². The van der Waals surface area contributed by atoms with Gasteiger partial charge in [-0.1, -0.05) is 19.3 Å². The van der Waals surface area contributed by atoms with Crippen molar-refractivity contribution in [1.82, 2.24) is 9.97 Å². The second kappa shape index (κ2) is 8.17. The third-order valence-corrected chi connectivity index (χ3v) is 4.79. The maximum absolute atomic E-state index is 11.2. The summed E-state index contributed by atoms with van der Waals surface area (Å²) in [5.41, 5.74) is 6.59. The number of anilines is 1. The molecular formula is C20H26N4O2. The zero-order valence-electron chi connectivity index (χ0n) is 15.4. The molecule has 0 spiro atoms. The van der Waals surface area contributed by atoms with Crippen molar-refractivity contribution >= 4 is 11.9 Å². The Morgan fingerprint density at radius 1 is 1.19 bits per heavy atom. The minimum Gasteiger partial charge on any atom is -0.439 e. The number of primary amides is 1. The summed E-state index contributed by atoms with van der Waals surface area (Å²) < 4.78 is 5.89. The van der Waals surface area contributed by atoms with Crippen molar-refractivity contribution in [2.45, 2.75) is 52.0 Å². The van der Waals surface area contributed by atoms with Crippen molar-refractivity contribution in [2.75, 3.05) is 11.4 Å². The summed E-state index contributed by atoms with van der Waals surface area (Å²) >= 11 is 0. The summed E-state index contributed by atoms with van der Waals surface area (Å²) in [6.45, 7) is 4.97. The van der Waals surface area contributed by atoms with Crippen LogP contribution in [0.1, 0.15) is 55.1 Å². The number of carbonyl (C=O) groups excluding carboxylic acids is 1. The zero-order valence-corrected chi connectivity index (χ0v) is 15.4. The Labute approximate surface area is 154 Å². The SMILES string of the molecule is CCN(c1nc(C)cc(Oc2ccc(C(N)=O)cc2)n1)C1CCCCC1. The van der Waals surface area contributed by atoms with E-state index in [1.165, 1.54) is 32.1 Å². The van der Waals surface area contributed by atoms with Crippen LogP contribution in [0.2, 0.25) is 0 Å². The topological polar surface area (TPSA) is 81.3 Å². The maximum Gasteiger partial charge on any atom is 0.248 e. The van der Waals surface area contributed by atoms with Gasteiger partial charge in [0.05, 0.1) is 0 Å². The van der Waals surface area contributed by atoms with Gasteiger partial charge < -0.3 is 15.4 Å². The molecule has 1 aliphatic carbocycles. The van der Waals surface area contributed by atoms with E-state index in [1.807, 2.05) is 13.0 Å². The number of amides is 1. The minimum atomic E-state index is -0.456. The van der Waals surface area contributed by atoms with Crippen molar-refractivity contribution in [3.63, 3.8) is 0 Å². The van der Waals surface area contributed by atoms with Crippen LogP contribution in [0.4, 0.5) is 5.95 Å². The van der Waals surface area contributed by atoms with Crippen LogP contribution in [-0.2, 0) is 0 Å². The third-order valence-electron chi connectivity index (χ3n) is 4.79. The van der Waals surface area contributed by atoms with Crippen LogP contribution < -0.4 is 15.4 Å². The monoisotopic (exact) mass is 354 g/mol. The van der Waals surface area contributed by atoms with Gasteiger partial charge in [0.15, 0.2) is 0 Å². The molecule has 1 aromatic heterocycles. The summed E-state index contributed by atoms with van der Waals surface area (Å²) in [5.74, 6) is 1.39. The van der Waals surface area contributed by atoms with Gasteiger partial charge in [-0.05, 0) is 51.0 Å². The average Bonchev–Trinajstić information content (AvgIpc) is 2.63. The van der Waals surface area contributed by atoms with Crippen LogP contribution in [0.5, 0.6) is 11.6 Å². The molecule has 0 unspecified atom stereocenters. The average molecular weight is 354 g/mol. The lowest BCUT2D eigenvalue weighted by atomic mass is 9.94. The molecule has 1 fully saturated rings. The molecular weight excluding hydrogens is 328 g/mol. The molecule has 0 radical (unpaired) electrons. The maximum atomic E-state index is 11.2. The number of aryl methyl sites for hydroxylation is 1. The molecule has 0 aliphatic heterocycles. The van der Waals surface area contributed by atoms with Crippen molar-refractivity contribution in [3.05, 3.63) is 41.6 Å². The highest BCUT2D eigenvalue weighted by molar-refractivity contribution is 5.92. The van der Waals surface area contributed by atoms with Crippen LogP contribution in [0.25, 0.3) is 0 Å². The molecule has 1 amide bonds. The van der Waals surface area contributed by atoms with Gasteiger partial charge in [-0.3, -0.25) is 4.79 Å². The number of hydrogen-bond acceptors (Lipinski definition) is 5. The number of nitrogens with two attached hydrogens (primary N) is 1. The molecule has 1 saturated carbocycles. The fourth-order valence-corrected chi connectivity index (χ4v) is 3.47. The Morgan fingerprint density at radius 2 is 1.88 bits per heavy atom. The molecule has 0 saturated heterocycles. The van der Waals surface area contributed by atoms with E-state index < -0.39 is 5.91 Å². The van der Waals surface area contributed by atoms with E-state index in [4.69, 9.17) is 10.5 Å². The number of rotatable bonds is 6. The summed E-state index contributed by atoms with van der Waals surface area (Å²) in [7, 11) is 0. The van der Waals surface area contributed by atoms with E-state index in [9.17, 15) is 4.79 Å². The summed E-state index contributed by atoms with van der Waals surface area (Å²) in [5, 5.41) is 0. The zero-order chi connectivity index (χ0) is 18.5. The highest BCUT2D eigenvalue weighted by atomic mass is 16.5. The van der Waals surface area contributed by atoms with Gasteiger partial charge in [-0.2, -0.15) is 4.98 Å². The van der Waals surface area contributed by atoms with Crippen molar-refractivity contribution in [2.24, 2.45) is 5.73 Å². The van der Waals surface area contributed by atoms with Gasteiger partial charge in [-0.15, -0.1) is 0 Å². The first-order valence-electron chi connectivity index (χ1n) is 9.27. The van der Waals surface area contributed by atoms with E-state index >= 15 is 0 Å². The molecule has 26 heavy (non-hydrogen) atoms. The lowest BCUT2D eigenvalue weighted by Gasteiger charge is -2.33. The number of ether oxygens (including phenoxy) is 1. The van der Waals surface area contributed by atoms with Crippen LogP contribution >= 0.6 is 0 Å². The Bertz CT molecular complexity index is 755. The van der Waals surface area contributed by atoms with Gasteiger partial charge in [0, 0.05) is 29.9 Å².